The molecule has 7 atom stereocenters. The lowest BCUT2D eigenvalue weighted by Gasteiger charge is -2.42. The lowest BCUT2D eigenvalue weighted by Crippen LogP contribution is -2.59. The van der Waals surface area contributed by atoms with Gasteiger partial charge in [0, 0.05) is 12.6 Å². The molecule has 8 heteroatoms. The molecule has 4 aliphatic rings. The van der Waals surface area contributed by atoms with Crippen LogP contribution in [0.5, 0.6) is 0 Å². The van der Waals surface area contributed by atoms with E-state index in [0.717, 1.165) is 37.7 Å². The van der Waals surface area contributed by atoms with Gasteiger partial charge in [-0.1, -0.05) is 75.2 Å². The molecule has 1 aliphatic carbocycles. The average molecular weight is 551 g/mol. The van der Waals surface area contributed by atoms with Crippen molar-refractivity contribution in [1.29, 1.82) is 0 Å². The first kappa shape index (κ1) is 28.6. The fourth-order valence-electron chi connectivity index (χ4n) is 8.02. The predicted molar refractivity (Wildman–Crippen MR) is 150 cm³/mol. The molecular weight excluding hydrogens is 508 g/mol. The van der Waals surface area contributed by atoms with Gasteiger partial charge in [-0.2, -0.15) is 0 Å². The first-order valence-electron chi connectivity index (χ1n) is 14.6. The molecule has 3 saturated heterocycles. The second-order valence-corrected chi connectivity index (χ2v) is 12.0. The van der Waals surface area contributed by atoms with Gasteiger partial charge in [-0.25, -0.2) is 0 Å². The van der Waals surface area contributed by atoms with Crippen LogP contribution >= 0.6 is 0 Å². The first-order chi connectivity index (χ1) is 19.2. The van der Waals surface area contributed by atoms with Crippen molar-refractivity contribution in [3.63, 3.8) is 0 Å². The molecule has 8 nitrogen and oxygen atoms in total. The summed E-state index contributed by atoms with van der Waals surface area (Å²) in [6, 6.07) is 7.54. The smallest absolute Gasteiger partial charge is 0.313 e. The van der Waals surface area contributed by atoms with Crippen molar-refractivity contribution in [2.75, 3.05) is 19.8 Å². The van der Waals surface area contributed by atoms with Crippen molar-refractivity contribution >= 4 is 17.8 Å². The summed E-state index contributed by atoms with van der Waals surface area (Å²) in [6.45, 7) is 11.5. The van der Waals surface area contributed by atoms with Crippen molar-refractivity contribution in [1.82, 2.24) is 9.80 Å². The van der Waals surface area contributed by atoms with Gasteiger partial charge < -0.3 is 24.4 Å². The van der Waals surface area contributed by atoms with Gasteiger partial charge in [0.2, 0.25) is 11.8 Å². The van der Waals surface area contributed by atoms with E-state index in [4.69, 9.17) is 9.47 Å². The fourth-order valence-corrected chi connectivity index (χ4v) is 8.02. The van der Waals surface area contributed by atoms with Crippen molar-refractivity contribution in [2.24, 2.45) is 17.8 Å². The molecule has 2 bridgehead atoms. The maximum Gasteiger partial charge on any atom is 0.313 e. The molecule has 3 aliphatic heterocycles. The molecule has 216 valence electrons. The number of likely N-dealkylation sites (tertiary alicyclic amines) is 1. The summed E-state index contributed by atoms with van der Waals surface area (Å²) < 4.78 is 12.3. The van der Waals surface area contributed by atoms with Crippen LogP contribution in [0.4, 0.5) is 0 Å². The number of fused-ring (bicyclic) bond motifs is 1. The zero-order chi connectivity index (χ0) is 28.7. The standard InChI is InChI=1S/C32H42N2O6/c1-5-17-33(23-15-11-8-12-16-23)29(37)27-32-19-21(3)31(4,40-32)26(30(38)39-18-6-2)25(32)28(36)34(27)24(20-35)22-13-9-7-10-14-22/h5-7,9-10,13-14,21,23-27,35H,1-2,8,11-12,15-20H2,3-4H3/t21?,24-,25+,26-,27?,31+,32?/m1/s1. The van der Waals surface area contributed by atoms with Crippen LogP contribution in [0, 0.1) is 17.8 Å². The maximum absolute atomic E-state index is 14.8. The zero-order valence-corrected chi connectivity index (χ0v) is 23.7. The molecule has 1 saturated carbocycles. The third-order valence-corrected chi connectivity index (χ3v) is 9.90. The average Bonchev–Trinajstić information content (AvgIpc) is 3.48. The SMILES string of the molecule is C=CCOC(=O)[C@H]1[C@H]2C(=O)N([C@H](CO)c3ccccc3)C(C(=O)N(CC=C)C3CCCCC3)C23CC(C)[C@]1(C)O3. The van der Waals surface area contributed by atoms with E-state index in [1.807, 2.05) is 49.1 Å². The summed E-state index contributed by atoms with van der Waals surface area (Å²) >= 11 is 0. The summed E-state index contributed by atoms with van der Waals surface area (Å²) in [7, 11) is 0. The van der Waals surface area contributed by atoms with Crippen LogP contribution in [0.3, 0.4) is 0 Å². The number of hydrogen-bond donors (Lipinski definition) is 1. The Labute approximate surface area is 237 Å². The molecule has 0 radical (unpaired) electrons. The van der Waals surface area contributed by atoms with Crippen LogP contribution < -0.4 is 0 Å². The molecule has 40 heavy (non-hydrogen) atoms. The normalized spacial score (nSPS) is 33.9. The van der Waals surface area contributed by atoms with Gasteiger partial charge >= 0.3 is 5.97 Å². The minimum absolute atomic E-state index is 0.0256. The van der Waals surface area contributed by atoms with E-state index in [9.17, 15) is 19.5 Å². The van der Waals surface area contributed by atoms with Crippen LogP contribution in [0.15, 0.2) is 55.6 Å². The van der Waals surface area contributed by atoms with E-state index in [1.54, 1.807) is 6.08 Å². The summed E-state index contributed by atoms with van der Waals surface area (Å²) in [5, 5.41) is 10.7. The minimum Gasteiger partial charge on any atom is -0.461 e. The first-order valence-corrected chi connectivity index (χ1v) is 14.6. The van der Waals surface area contributed by atoms with Crippen LogP contribution in [0.25, 0.3) is 0 Å². The second-order valence-electron chi connectivity index (χ2n) is 12.0. The number of carbonyl (C=O) groups excluding carboxylic acids is 3. The van der Waals surface area contributed by atoms with Gasteiger partial charge in [0.1, 0.15) is 24.2 Å². The van der Waals surface area contributed by atoms with Gasteiger partial charge in [-0.05, 0) is 37.7 Å². The van der Waals surface area contributed by atoms with E-state index in [-0.39, 0.29) is 37.0 Å². The quantitative estimate of drug-likeness (QED) is 0.352. The molecule has 1 spiro atoms. The van der Waals surface area contributed by atoms with E-state index < -0.39 is 41.1 Å². The molecule has 3 heterocycles. The highest BCUT2D eigenvalue weighted by atomic mass is 16.6. The summed E-state index contributed by atoms with van der Waals surface area (Å²) in [5.74, 6) is -2.93. The Hall–Kier alpha value is -2.97. The third-order valence-electron chi connectivity index (χ3n) is 9.90. The van der Waals surface area contributed by atoms with Crippen LogP contribution in [0.1, 0.15) is 64.0 Å². The molecule has 4 fully saturated rings. The van der Waals surface area contributed by atoms with E-state index in [1.165, 1.54) is 11.0 Å². The third kappa shape index (κ3) is 4.31. The Morgan fingerprint density at radius 2 is 1.90 bits per heavy atom. The largest absolute Gasteiger partial charge is 0.461 e. The number of ether oxygens (including phenoxy) is 2. The monoisotopic (exact) mass is 550 g/mol. The number of rotatable bonds is 10. The van der Waals surface area contributed by atoms with E-state index in [0.29, 0.717) is 13.0 Å². The van der Waals surface area contributed by atoms with Gasteiger partial charge in [0.15, 0.2) is 0 Å². The van der Waals surface area contributed by atoms with Crippen LogP contribution in [-0.2, 0) is 23.9 Å². The van der Waals surface area contributed by atoms with Gasteiger partial charge in [-0.15, -0.1) is 6.58 Å². The minimum atomic E-state index is -1.21. The number of amides is 2. The van der Waals surface area contributed by atoms with E-state index >= 15 is 0 Å². The molecule has 5 rings (SSSR count). The Morgan fingerprint density at radius 1 is 1.20 bits per heavy atom. The van der Waals surface area contributed by atoms with Crippen LogP contribution in [0.2, 0.25) is 0 Å². The zero-order valence-electron chi connectivity index (χ0n) is 23.7. The Balaban J connectivity index is 1.64. The number of carbonyl (C=O) groups is 3. The summed E-state index contributed by atoms with van der Waals surface area (Å²) in [5.41, 5.74) is -1.45. The highest BCUT2D eigenvalue weighted by Crippen LogP contribution is 2.66. The lowest BCUT2D eigenvalue weighted by molar-refractivity contribution is -0.163. The number of hydrogen-bond acceptors (Lipinski definition) is 6. The van der Waals surface area contributed by atoms with Crippen LogP contribution in [-0.4, -0.2) is 75.7 Å². The van der Waals surface area contributed by atoms with Crippen molar-refractivity contribution in [3.8, 4) is 0 Å². The summed E-state index contributed by atoms with van der Waals surface area (Å²) in [6.07, 6.45) is 8.69. The number of aliphatic hydroxyl groups excluding tert-OH is 1. The number of benzene rings is 1. The number of nitrogens with zero attached hydrogens (tertiary/aromatic N) is 2. The maximum atomic E-state index is 14.8. The highest BCUT2D eigenvalue weighted by molar-refractivity contribution is 5.99. The second kappa shape index (κ2) is 11.1. The molecule has 1 aromatic carbocycles. The fraction of sp³-hybridized carbons (Fsp3) is 0.594. The van der Waals surface area contributed by atoms with Gasteiger partial charge in [-0.3, -0.25) is 14.4 Å². The predicted octanol–water partition coefficient (Wildman–Crippen LogP) is 3.81. The molecule has 0 aromatic heterocycles. The Bertz CT molecular complexity index is 1150. The molecular formula is C32H42N2O6. The molecule has 1 aromatic rings. The summed E-state index contributed by atoms with van der Waals surface area (Å²) in [4.78, 5) is 46.3. The van der Waals surface area contributed by atoms with Crippen molar-refractivity contribution in [3.05, 3.63) is 61.2 Å². The Kier molecular flexibility index (Phi) is 7.94. The lowest BCUT2D eigenvalue weighted by atomic mass is 9.62. The molecule has 3 unspecified atom stereocenters. The Morgan fingerprint density at radius 3 is 2.52 bits per heavy atom. The molecule has 2 amide bonds. The topological polar surface area (TPSA) is 96.4 Å². The van der Waals surface area contributed by atoms with Crippen molar-refractivity contribution in [2.45, 2.75) is 81.7 Å². The van der Waals surface area contributed by atoms with Gasteiger partial charge in [0.05, 0.1) is 24.2 Å². The molecule has 1 N–H and O–H groups in total. The van der Waals surface area contributed by atoms with Gasteiger partial charge in [0.25, 0.3) is 0 Å². The number of aliphatic hydroxyl groups is 1. The van der Waals surface area contributed by atoms with E-state index in [2.05, 4.69) is 13.2 Å². The highest BCUT2D eigenvalue weighted by Gasteiger charge is 2.81. The van der Waals surface area contributed by atoms with Crippen molar-refractivity contribution < 1.29 is 29.0 Å². The number of esters is 1.